The number of piperidine rings is 1. The average molecular weight is 874 g/mol. The number of halogens is 7. The molecule has 59 heavy (non-hydrogen) atoms. The molecule has 318 valence electrons. The summed E-state index contributed by atoms with van der Waals surface area (Å²) in [6, 6.07) is 6.37. The lowest BCUT2D eigenvalue weighted by Gasteiger charge is -2.47. The zero-order chi connectivity index (χ0) is 42.1. The van der Waals surface area contributed by atoms with E-state index in [0.717, 1.165) is 30.0 Å². The van der Waals surface area contributed by atoms with Gasteiger partial charge in [0, 0.05) is 49.6 Å². The Bertz CT molecular complexity index is 2250. The molecule has 1 saturated carbocycles. The van der Waals surface area contributed by atoms with Crippen LogP contribution in [-0.4, -0.2) is 101 Å². The number of hydrogen-bond acceptors (Lipinski definition) is 12. The number of nitrogens with one attached hydrogen (secondary N) is 2. The number of nitrogens with zero attached hydrogens (tertiary/aromatic N) is 3. The first kappa shape index (κ1) is 42.7. The summed E-state index contributed by atoms with van der Waals surface area (Å²) in [5.41, 5.74) is 0.667. The van der Waals surface area contributed by atoms with Crippen molar-refractivity contribution < 1.29 is 59.3 Å². The van der Waals surface area contributed by atoms with Crippen molar-refractivity contribution >= 4 is 50.7 Å². The number of morpholine rings is 1. The van der Waals surface area contributed by atoms with E-state index in [1.807, 2.05) is 10.3 Å². The first-order valence-electron chi connectivity index (χ1n) is 18.8. The third-order valence-corrected chi connectivity index (χ3v) is 12.6. The van der Waals surface area contributed by atoms with Crippen LogP contribution >= 0.6 is 22.7 Å². The Morgan fingerprint density at radius 3 is 2.44 bits per heavy atom. The minimum absolute atomic E-state index is 0.0678. The van der Waals surface area contributed by atoms with Gasteiger partial charge in [-0.05, 0) is 74.0 Å². The van der Waals surface area contributed by atoms with Crippen LogP contribution in [0.1, 0.15) is 76.3 Å². The molecular weight excluding hydrogens is 836 g/mol. The van der Waals surface area contributed by atoms with Crippen LogP contribution < -0.4 is 14.9 Å². The number of fused-ring (bicyclic) bond motifs is 1. The number of benzene rings is 2. The highest BCUT2D eigenvalue weighted by molar-refractivity contribution is 7.16. The Morgan fingerprint density at radius 2 is 1.75 bits per heavy atom. The lowest BCUT2D eigenvalue weighted by molar-refractivity contribution is -0.205. The Hall–Kier alpha value is -4.44. The molecule has 12 nitrogen and oxygen atoms in total. The quantitative estimate of drug-likeness (QED) is 0.0711. The van der Waals surface area contributed by atoms with E-state index in [4.69, 9.17) is 9.47 Å². The van der Waals surface area contributed by atoms with Gasteiger partial charge in [0.15, 0.2) is 5.75 Å². The third-order valence-electron chi connectivity index (χ3n) is 10.7. The number of aromatic amines is 1. The van der Waals surface area contributed by atoms with E-state index in [-0.39, 0.29) is 29.1 Å². The Morgan fingerprint density at radius 1 is 1.02 bits per heavy atom. The highest BCUT2D eigenvalue weighted by Crippen LogP contribution is 2.39. The predicted octanol–water partition coefficient (Wildman–Crippen LogP) is 6.41. The van der Waals surface area contributed by atoms with E-state index in [1.165, 1.54) is 18.6 Å². The van der Waals surface area contributed by atoms with Gasteiger partial charge in [0.05, 0.1) is 28.5 Å². The fraction of sp³-hybridized carbons (Fsp3) is 0.500. The molecule has 7 rings (SSSR count). The second kappa shape index (κ2) is 17.3. The molecule has 1 spiro atoms. The van der Waals surface area contributed by atoms with Gasteiger partial charge >= 0.3 is 29.2 Å². The zero-order valence-electron chi connectivity index (χ0n) is 31.2. The van der Waals surface area contributed by atoms with Crippen molar-refractivity contribution in [1.29, 1.82) is 0 Å². The van der Waals surface area contributed by atoms with E-state index in [2.05, 4.69) is 24.9 Å². The summed E-state index contributed by atoms with van der Waals surface area (Å²) in [6.45, 7) is 2.71. The highest BCUT2D eigenvalue weighted by Gasteiger charge is 2.44. The second-order valence-corrected chi connectivity index (χ2v) is 16.7. The number of hydrogen-bond donors (Lipinski definition) is 2. The third kappa shape index (κ3) is 10.1. The van der Waals surface area contributed by atoms with Crippen LogP contribution in [0, 0.1) is 5.82 Å². The number of rotatable bonds is 12. The van der Waals surface area contributed by atoms with Gasteiger partial charge < -0.3 is 29.4 Å². The molecule has 3 fully saturated rings. The summed E-state index contributed by atoms with van der Waals surface area (Å²) in [7, 11) is 0. The summed E-state index contributed by atoms with van der Waals surface area (Å²) in [4.78, 5) is 58.9. The maximum absolute atomic E-state index is 14.9. The van der Waals surface area contributed by atoms with Crippen LogP contribution in [-0.2, 0) is 32.0 Å². The van der Waals surface area contributed by atoms with E-state index in [0.29, 0.717) is 86.2 Å². The van der Waals surface area contributed by atoms with Crippen LogP contribution in [0.5, 0.6) is 5.75 Å². The van der Waals surface area contributed by atoms with E-state index in [1.54, 1.807) is 17.4 Å². The molecule has 21 heteroatoms. The van der Waals surface area contributed by atoms with Crippen molar-refractivity contribution in [1.82, 2.24) is 25.1 Å². The van der Waals surface area contributed by atoms with Crippen molar-refractivity contribution in [2.75, 3.05) is 45.9 Å². The average Bonchev–Trinajstić information content (AvgIpc) is 3.79. The van der Waals surface area contributed by atoms with Crippen molar-refractivity contribution in [3.05, 3.63) is 78.6 Å². The summed E-state index contributed by atoms with van der Waals surface area (Å²) >= 11 is 1.94. The molecule has 4 heterocycles. The van der Waals surface area contributed by atoms with Crippen LogP contribution in [0.3, 0.4) is 0 Å². The summed E-state index contributed by atoms with van der Waals surface area (Å²) in [5.74, 6) is -5.99. The van der Waals surface area contributed by atoms with Crippen LogP contribution in [0.15, 0.2) is 40.5 Å². The topological polar surface area (TPSA) is 143 Å². The first-order chi connectivity index (χ1) is 28.0. The summed E-state index contributed by atoms with van der Waals surface area (Å²) in [5, 5.41) is 5.75. The Labute approximate surface area is 339 Å². The minimum Gasteiger partial charge on any atom is -0.449 e. The first-order valence-corrected chi connectivity index (χ1v) is 20.5. The van der Waals surface area contributed by atoms with Gasteiger partial charge in [0.25, 0.3) is 5.91 Å². The predicted molar refractivity (Wildman–Crippen MR) is 200 cm³/mol. The van der Waals surface area contributed by atoms with Gasteiger partial charge in [0.2, 0.25) is 0 Å². The van der Waals surface area contributed by atoms with Crippen molar-refractivity contribution in [2.45, 2.75) is 75.0 Å². The number of carbonyl (C=O) groups is 3. The molecule has 2 aliphatic heterocycles. The fourth-order valence-corrected chi connectivity index (χ4v) is 9.32. The lowest BCUT2D eigenvalue weighted by Crippen LogP contribution is -2.58. The van der Waals surface area contributed by atoms with Gasteiger partial charge in [-0.15, -0.1) is 11.3 Å². The van der Waals surface area contributed by atoms with Gasteiger partial charge in [-0.25, -0.2) is 19.0 Å². The van der Waals surface area contributed by atoms with Crippen molar-refractivity contribution in [3.63, 3.8) is 0 Å². The molecule has 1 aliphatic carbocycles. The lowest BCUT2D eigenvalue weighted by atomic mass is 9.86. The SMILES string of the molecule is O=C(c1csc(C2CCC2)n1)N1CCOC2(CCN(Cc3cc(F)cc(CCNC[C@H](OC(=O)C(F)(F)F)c4ccc(OC(=O)C(F)(F)F)c5[nH]c(=O)sc45)c3)CC2)C1. The normalized spacial score (nSPS) is 18.2. The summed E-state index contributed by atoms with van der Waals surface area (Å²) in [6.07, 6.45) is -7.54. The fourth-order valence-electron chi connectivity index (χ4n) is 7.44. The molecule has 2 aromatic carbocycles. The zero-order valence-corrected chi connectivity index (χ0v) is 32.8. The van der Waals surface area contributed by atoms with Crippen molar-refractivity contribution in [2.24, 2.45) is 0 Å². The van der Waals surface area contributed by atoms with E-state index in [9.17, 15) is 49.9 Å². The molecular formula is C38H38F7N5O7S2. The number of H-pyrrole nitrogens is 1. The molecule has 1 atom stereocenters. The van der Waals surface area contributed by atoms with Crippen LogP contribution in [0.25, 0.3) is 10.2 Å². The molecule has 0 unspecified atom stereocenters. The number of alkyl halides is 6. The standard InChI is InChI=1S/C38H38F7N5O7S2/c39-24-15-21(6-9-46-17-28(57-34(53)38(43,44)45)25-4-5-27(56-33(52)37(40,41)42)29-30(25)59-35(54)48-29)14-22(16-24)18-49-10-7-36(8-11-49)20-50(12-13-55-36)32(51)26-19-58-31(47-26)23-2-1-3-23/h4-5,14-16,19,23,28,46H,1-3,6-13,17-18,20H2,(H,48,54)/t28-/m0/s1. The number of aromatic nitrogens is 2. The van der Waals surface area contributed by atoms with E-state index < -0.39 is 64.5 Å². The molecule has 3 aliphatic rings. The van der Waals surface area contributed by atoms with Crippen LogP contribution in [0.4, 0.5) is 30.7 Å². The molecule has 2 N–H and O–H groups in total. The molecule has 4 aromatic rings. The second-order valence-electron chi connectivity index (χ2n) is 14.8. The number of esters is 2. The van der Waals surface area contributed by atoms with Gasteiger partial charge in [-0.2, -0.15) is 26.3 Å². The van der Waals surface area contributed by atoms with Gasteiger partial charge in [-0.3, -0.25) is 14.5 Å². The molecule has 1 amide bonds. The number of thiazole rings is 2. The number of ether oxygens (including phenoxy) is 3. The monoisotopic (exact) mass is 873 g/mol. The van der Waals surface area contributed by atoms with Gasteiger partial charge in [-0.1, -0.05) is 23.8 Å². The highest BCUT2D eigenvalue weighted by atomic mass is 32.1. The smallest absolute Gasteiger partial charge is 0.449 e. The largest absolute Gasteiger partial charge is 0.491 e. The van der Waals surface area contributed by atoms with E-state index >= 15 is 0 Å². The summed E-state index contributed by atoms with van der Waals surface area (Å²) < 4.78 is 108. The number of carbonyl (C=O) groups excluding carboxylic acids is 3. The molecule has 2 saturated heterocycles. The maximum atomic E-state index is 14.9. The van der Waals surface area contributed by atoms with Crippen LogP contribution in [0.2, 0.25) is 0 Å². The Kier molecular flexibility index (Phi) is 12.5. The number of amides is 1. The number of likely N-dealkylation sites (tertiary alicyclic amines) is 1. The van der Waals surface area contributed by atoms with Crippen molar-refractivity contribution in [3.8, 4) is 5.75 Å². The molecule has 2 aromatic heterocycles. The minimum atomic E-state index is -5.40. The Balaban J connectivity index is 0.952. The maximum Gasteiger partial charge on any atom is 0.491 e. The molecule has 0 bridgehead atoms. The van der Waals surface area contributed by atoms with Gasteiger partial charge in [0.1, 0.15) is 23.1 Å². The molecule has 0 radical (unpaired) electrons.